The highest BCUT2D eigenvalue weighted by atomic mass is 32.2. The first kappa shape index (κ1) is 27.0. The summed E-state index contributed by atoms with van der Waals surface area (Å²) in [6.07, 6.45) is 0. The van der Waals surface area contributed by atoms with Gasteiger partial charge in [-0.15, -0.1) is 0 Å². The smallest absolute Gasteiger partial charge is 0.211 e. The fourth-order valence-corrected chi connectivity index (χ4v) is 10.7. The Morgan fingerprint density at radius 3 is 1.73 bits per heavy atom. The molecule has 49 heavy (non-hydrogen) atoms. The second kappa shape index (κ2) is 9.31. The molecule has 0 radical (unpaired) electrons. The molecular weight excluding hydrogens is 621 g/mol. The number of sulfone groups is 1. The molecule has 0 saturated heterocycles. The van der Waals surface area contributed by atoms with Gasteiger partial charge in [-0.3, -0.25) is 4.57 Å². The molecule has 4 nitrogen and oxygen atoms in total. The highest BCUT2D eigenvalue weighted by molar-refractivity contribution is 7.92. The van der Waals surface area contributed by atoms with E-state index in [4.69, 9.17) is 4.98 Å². The van der Waals surface area contributed by atoms with Crippen molar-refractivity contribution in [3.63, 3.8) is 0 Å². The maximum atomic E-state index is 14.8. The Morgan fingerprint density at radius 1 is 0.490 bits per heavy atom. The lowest BCUT2D eigenvalue weighted by molar-refractivity contribution is 0.595. The van der Waals surface area contributed by atoms with Gasteiger partial charge >= 0.3 is 0 Å². The zero-order valence-corrected chi connectivity index (χ0v) is 26.9. The molecule has 0 fully saturated rings. The molecule has 2 aliphatic carbocycles. The largest absolute Gasteiger partial charge is 0.290 e. The molecule has 1 aliphatic heterocycles. The summed E-state index contributed by atoms with van der Waals surface area (Å²) in [7, 11) is -3.91. The first-order valence-electron chi connectivity index (χ1n) is 16.5. The van der Waals surface area contributed by atoms with Crippen molar-refractivity contribution in [2.24, 2.45) is 0 Å². The highest BCUT2D eigenvalue weighted by Gasteiger charge is 2.51. The third kappa shape index (κ3) is 3.23. The van der Waals surface area contributed by atoms with Crippen molar-refractivity contribution in [3.05, 3.63) is 180 Å². The molecule has 2 heterocycles. The minimum atomic E-state index is -3.91. The molecule has 0 amide bonds. The predicted octanol–water partition coefficient (Wildman–Crippen LogP) is 9.85. The second-order valence-corrected chi connectivity index (χ2v) is 14.9. The van der Waals surface area contributed by atoms with Crippen molar-refractivity contribution in [2.75, 3.05) is 0 Å². The van der Waals surface area contributed by atoms with Crippen LogP contribution in [0.4, 0.5) is 0 Å². The van der Waals surface area contributed by atoms with Crippen LogP contribution < -0.4 is 0 Å². The number of fused-ring (bicyclic) bond motifs is 12. The molecule has 8 aromatic rings. The lowest BCUT2D eigenvalue weighted by atomic mass is 9.70. The van der Waals surface area contributed by atoms with Crippen molar-refractivity contribution in [1.29, 1.82) is 0 Å². The van der Waals surface area contributed by atoms with Crippen LogP contribution >= 0.6 is 0 Å². The lowest BCUT2D eigenvalue weighted by Crippen LogP contribution is -2.25. The van der Waals surface area contributed by atoms with Crippen molar-refractivity contribution in [2.45, 2.75) is 15.2 Å². The van der Waals surface area contributed by atoms with Crippen molar-refractivity contribution in [1.82, 2.24) is 9.55 Å². The average Bonchev–Trinajstić information content (AvgIpc) is 3.79. The van der Waals surface area contributed by atoms with Crippen molar-refractivity contribution >= 4 is 20.9 Å². The second-order valence-electron chi connectivity index (χ2n) is 13.1. The van der Waals surface area contributed by atoms with Gasteiger partial charge in [0.2, 0.25) is 9.84 Å². The zero-order valence-electron chi connectivity index (χ0n) is 26.1. The number of nitrogens with zero attached hydrogens (tertiary/aromatic N) is 2. The SMILES string of the molecule is O=S1(=O)c2c(-c3ccc4c(c3)C3(c5ccccc5-c5ccccc53)c3ccccc3-4)cccc2-n2c(-c3ccccc3)nc3cccc1c32. The summed E-state index contributed by atoms with van der Waals surface area (Å²) in [6.45, 7) is 0. The van der Waals surface area contributed by atoms with Gasteiger partial charge in [-0.2, -0.15) is 0 Å². The van der Waals surface area contributed by atoms with E-state index in [0.29, 0.717) is 27.2 Å². The molecule has 11 rings (SSSR count). The summed E-state index contributed by atoms with van der Waals surface area (Å²) in [5.74, 6) is 0.721. The van der Waals surface area contributed by atoms with E-state index in [1.54, 1.807) is 12.1 Å². The molecule has 5 heteroatoms. The average molecular weight is 647 g/mol. The van der Waals surface area contributed by atoms with Gasteiger partial charge in [0.05, 0.1) is 27.0 Å². The molecule has 0 saturated carbocycles. The standard InChI is InChI=1S/C44H26N2O2S/c47-49(48)40-23-11-21-38-41(40)46(43(45-38)27-12-2-1-3-13-27)39-22-10-17-29(42(39)49)28-24-25-33-32-16-6-9-20-36(32)44(37(33)26-28)34-18-7-4-14-30(34)31-15-5-8-19-35(31)44/h1-26H. The monoisotopic (exact) mass is 646 g/mol. The fraction of sp³-hybridized carbons (Fsp3) is 0.0227. The lowest BCUT2D eigenvalue weighted by Gasteiger charge is -2.31. The molecule has 1 spiro atoms. The molecule has 0 atom stereocenters. The maximum Gasteiger partial charge on any atom is 0.211 e. The fourth-order valence-electron chi connectivity index (χ4n) is 8.91. The van der Waals surface area contributed by atoms with E-state index in [-0.39, 0.29) is 4.90 Å². The van der Waals surface area contributed by atoms with Crippen LogP contribution in [-0.2, 0) is 15.3 Å². The maximum absolute atomic E-state index is 14.8. The Balaban J connectivity index is 1.22. The van der Waals surface area contributed by atoms with E-state index in [0.717, 1.165) is 17.0 Å². The molecule has 0 N–H and O–H groups in total. The molecule has 0 unspecified atom stereocenters. The van der Waals surface area contributed by atoms with Crippen molar-refractivity contribution < 1.29 is 8.42 Å². The number of hydrogen-bond acceptors (Lipinski definition) is 3. The number of benzene rings is 7. The van der Waals surface area contributed by atoms with Gasteiger partial charge in [0.25, 0.3) is 0 Å². The van der Waals surface area contributed by atoms with E-state index < -0.39 is 15.3 Å². The van der Waals surface area contributed by atoms with Gasteiger partial charge in [-0.05, 0) is 74.3 Å². The van der Waals surface area contributed by atoms with Crippen molar-refractivity contribution in [3.8, 4) is 50.5 Å². The normalized spacial score (nSPS) is 15.0. The van der Waals surface area contributed by atoms with E-state index in [9.17, 15) is 8.42 Å². The zero-order chi connectivity index (χ0) is 32.5. The summed E-state index contributed by atoms with van der Waals surface area (Å²) >= 11 is 0. The molecule has 7 aromatic carbocycles. The number of hydrogen-bond donors (Lipinski definition) is 0. The van der Waals surface area contributed by atoms with Crippen LogP contribution in [0.25, 0.3) is 61.5 Å². The van der Waals surface area contributed by atoms with Crippen LogP contribution in [0.3, 0.4) is 0 Å². The highest BCUT2D eigenvalue weighted by Crippen LogP contribution is 2.63. The van der Waals surface area contributed by atoms with Crippen LogP contribution in [-0.4, -0.2) is 18.0 Å². The Bertz CT molecular complexity index is 2790. The van der Waals surface area contributed by atoms with Crippen LogP contribution in [0.2, 0.25) is 0 Å². The minimum Gasteiger partial charge on any atom is -0.290 e. The Labute approximate surface area is 283 Å². The van der Waals surface area contributed by atoms with Gasteiger partial charge in [-0.25, -0.2) is 13.4 Å². The minimum absolute atomic E-state index is 0.281. The van der Waals surface area contributed by atoms with Gasteiger partial charge in [0.1, 0.15) is 10.7 Å². The summed E-state index contributed by atoms with van der Waals surface area (Å²) in [6, 6.07) is 53.9. The van der Waals surface area contributed by atoms with Crippen LogP contribution in [0.5, 0.6) is 0 Å². The van der Waals surface area contributed by atoms with E-state index in [2.05, 4.69) is 91.0 Å². The first-order chi connectivity index (χ1) is 24.1. The first-order valence-corrected chi connectivity index (χ1v) is 18.0. The third-order valence-electron chi connectivity index (χ3n) is 10.8. The number of para-hydroxylation sites is 1. The number of rotatable bonds is 2. The molecule has 0 bridgehead atoms. The summed E-state index contributed by atoms with van der Waals surface area (Å²) in [4.78, 5) is 5.57. The van der Waals surface area contributed by atoms with Gasteiger partial charge in [0, 0.05) is 11.1 Å². The quantitative estimate of drug-likeness (QED) is 0.188. The molecular formula is C44H26N2O2S. The molecule has 1 aromatic heterocycles. The molecule has 3 aliphatic rings. The van der Waals surface area contributed by atoms with E-state index in [1.807, 2.05) is 59.2 Å². The van der Waals surface area contributed by atoms with Gasteiger partial charge in [-0.1, -0.05) is 133 Å². The summed E-state index contributed by atoms with van der Waals surface area (Å²) in [5, 5.41) is 0. The van der Waals surface area contributed by atoms with Gasteiger partial charge in [0.15, 0.2) is 0 Å². The van der Waals surface area contributed by atoms with E-state index in [1.165, 1.54) is 44.5 Å². The Morgan fingerprint density at radius 2 is 1.06 bits per heavy atom. The third-order valence-corrected chi connectivity index (χ3v) is 12.6. The summed E-state index contributed by atoms with van der Waals surface area (Å²) < 4.78 is 31.6. The Hall–Kier alpha value is -6.04. The summed E-state index contributed by atoms with van der Waals surface area (Å²) in [5.41, 5.74) is 13.6. The Kier molecular flexibility index (Phi) is 5.12. The number of aromatic nitrogens is 2. The van der Waals surface area contributed by atoms with Crippen LogP contribution in [0.1, 0.15) is 22.3 Å². The number of imidazole rings is 1. The van der Waals surface area contributed by atoms with E-state index >= 15 is 0 Å². The molecule has 230 valence electrons. The topological polar surface area (TPSA) is 52.0 Å². The van der Waals surface area contributed by atoms with Crippen LogP contribution in [0.15, 0.2) is 168 Å². The van der Waals surface area contributed by atoms with Crippen LogP contribution in [0, 0.1) is 0 Å². The predicted molar refractivity (Wildman–Crippen MR) is 194 cm³/mol. The van der Waals surface area contributed by atoms with Gasteiger partial charge < -0.3 is 0 Å².